The van der Waals surface area contributed by atoms with Gasteiger partial charge in [-0.3, -0.25) is 0 Å². The Bertz CT molecular complexity index is 378. The molecule has 1 rings (SSSR count). The van der Waals surface area contributed by atoms with Crippen LogP contribution in [0.5, 0.6) is 0 Å². The number of allylic oxidation sites excluding steroid dienone is 1. The summed E-state index contributed by atoms with van der Waals surface area (Å²) in [5.41, 5.74) is 9.67. The van der Waals surface area contributed by atoms with E-state index < -0.39 is 5.97 Å². The molecule has 0 bridgehead atoms. The summed E-state index contributed by atoms with van der Waals surface area (Å²) in [7, 11) is 0. The molecule has 3 atom stereocenters. The summed E-state index contributed by atoms with van der Waals surface area (Å²) in [5, 5.41) is 12.4. The smallest absolute Gasteiger partial charge is 0.331 e. The molecule has 0 saturated heterocycles. The van der Waals surface area contributed by atoms with E-state index in [2.05, 4.69) is 25.7 Å². The molecule has 0 aromatic rings. The van der Waals surface area contributed by atoms with Crippen molar-refractivity contribution >= 4 is 5.97 Å². The van der Waals surface area contributed by atoms with Gasteiger partial charge in [-0.25, -0.2) is 4.79 Å². The van der Waals surface area contributed by atoms with Crippen LogP contribution < -0.4 is 5.32 Å². The van der Waals surface area contributed by atoms with Gasteiger partial charge in [0.05, 0.1) is 0 Å². The molecule has 5 heteroatoms. The van der Waals surface area contributed by atoms with Crippen molar-refractivity contribution in [3.8, 4) is 0 Å². The third kappa shape index (κ3) is 5.17. The molecule has 1 aliphatic carbocycles. The molecule has 20 heavy (non-hydrogen) atoms. The van der Waals surface area contributed by atoms with Gasteiger partial charge in [0, 0.05) is 61.4 Å². The number of nitrogens with one attached hydrogen (secondary N) is 2. The van der Waals surface area contributed by atoms with Gasteiger partial charge >= 0.3 is 5.97 Å². The largest absolute Gasteiger partial charge is 0.674 e. The Morgan fingerprint density at radius 1 is 1.55 bits per heavy atom. The monoisotopic (exact) mass is 492 g/mol. The molecule has 0 spiro atoms. The van der Waals surface area contributed by atoms with Crippen molar-refractivity contribution < 1.29 is 54.0 Å². The van der Waals surface area contributed by atoms with E-state index in [1.807, 2.05) is 6.92 Å². The van der Waals surface area contributed by atoms with E-state index in [1.165, 1.54) is 0 Å². The van der Waals surface area contributed by atoms with Gasteiger partial charge in [0.2, 0.25) is 0 Å². The van der Waals surface area contributed by atoms with Crippen molar-refractivity contribution in [2.75, 3.05) is 0 Å². The van der Waals surface area contributed by atoms with Crippen LogP contribution >= 0.6 is 0 Å². The number of hydrogen-bond donors (Lipinski definition) is 2. The average Bonchev–Trinajstić information content (AvgIpc) is 2.73. The molecule has 0 aliphatic heterocycles. The summed E-state index contributed by atoms with van der Waals surface area (Å²) in [5.74, 6) is -0.607. The third-order valence-corrected chi connectivity index (χ3v) is 3.98. The zero-order valence-corrected chi connectivity index (χ0v) is 17.4. The fraction of sp³-hybridized carbons (Fsp3) is 0.667. The molecule has 0 saturated carbocycles. The van der Waals surface area contributed by atoms with Crippen molar-refractivity contribution in [2.45, 2.75) is 52.1 Å². The van der Waals surface area contributed by atoms with Gasteiger partial charge in [-0.1, -0.05) is 45.3 Å². The van der Waals surface area contributed by atoms with E-state index in [9.17, 15) is 4.79 Å². The van der Waals surface area contributed by atoms with Crippen molar-refractivity contribution in [3.05, 3.63) is 29.7 Å². The van der Waals surface area contributed by atoms with Gasteiger partial charge in [0.1, 0.15) is 0 Å². The van der Waals surface area contributed by atoms with Gasteiger partial charge in [0.15, 0.2) is 0 Å². The van der Waals surface area contributed by atoms with E-state index in [0.29, 0.717) is 17.9 Å². The van der Waals surface area contributed by atoms with Crippen molar-refractivity contribution in [3.63, 3.8) is 0 Å². The van der Waals surface area contributed by atoms with Crippen molar-refractivity contribution in [2.24, 2.45) is 11.8 Å². The number of carboxylic acids is 1. The van der Waals surface area contributed by atoms with Gasteiger partial charge in [-0.2, -0.15) is 0 Å². The standard InChI is InChI=1S/C15H25N2O2.Ac/c1-5-10(6-2)14(16)12-7-11(15(18)19)8-13(12)17-9(3)4;/h7,10,12-14,16-17H,3,5-6,8H2,1-2,4H3,(H,18,19);/q-1;/t12-,13-,14?;/m1./s1. The first kappa shape index (κ1) is 20.2. The maximum atomic E-state index is 11.1. The fourth-order valence-electron chi connectivity index (χ4n) is 2.88. The summed E-state index contributed by atoms with van der Waals surface area (Å²) in [4.78, 5) is 11.1. The van der Waals surface area contributed by atoms with Crippen molar-refractivity contribution in [1.29, 1.82) is 0 Å². The van der Waals surface area contributed by atoms with Crippen LogP contribution in [0.1, 0.15) is 40.0 Å². The molecular weight excluding hydrogens is 467 g/mol. The summed E-state index contributed by atoms with van der Waals surface area (Å²) in [6.07, 6.45) is 4.16. The van der Waals surface area contributed by atoms with Gasteiger partial charge in [-0.05, 0) is 19.3 Å². The fourth-order valence-corrected chi connectivity index (χ4v) is 2.88. The minimum absolute atomic E-state index is 0. The summed E-state index contributed by atoms with van der Waals surface area (Å²) in [6, 6.07) is -0.268. The van der Waals surface area contributed by atoms with E-state index in [4.69, 9.17) is 10.8 Å². The van der Waals surface area contributed by atoms with E-state index >= 15 is 0 Å². The first-order valence-electron chi connectivity index (χ1n) is 6.97. The Morgan fingerprint density at radius 3 is 2.50 bits per heavy atom. The Morgan fingerprint density at radius 2 is 2.10 bits per heavy atom. The first-order valence-corrected chi connectivity index (χ1v) is 6.97. The van der Waals surface area contributed by atoms with Gasteiger partial charge in [-0.15, -0.1) is 6.04 Å². The number of aliphatic carboxylic acids is 1. The first-order chi connectivity index (χ1) is 8.90. The second-order valence-electron chi connectivity index (χ2n) is 5.41. The Hall–Kier alpha value is 0.152. The molecule has 0 aromatic heterocycles. The minimum atomic E-state index is -0.868. The average molecular weight is 492 g/mol. The minimum Gasteiger partial charge on any atom is -0.674 e. The summed E-state index contributed by atoms with van der Waals surface area (Å²) in [6.45, 7) is 9.87. The zero-order valence-electron chi connectivity index (χ0n) is 12.6. The maximum Gasteiger partial charge on any atom is 0.331 e. The molecule has 0 amide bonds. The molecule has 0 fully saturated rings. The quantitative estimate of drug-likeness (QED) is 0.573. The predicted octanol–water partition coefficient (Wildman–Crippen LogP) is 3.37. The van der Waals surface area contributed by atoms with Crippen LogP contribution in [-0.2, 0) is 4.79 Å². The molecule has 0 heterocycles. The van der Waals surface area contributed by atoms with E-state index in [-0.39, 0.29) is 62.1 Å². The van der Waals surface area contributed by atoms with Crippen LogP contribution in [0.3, 0.4) is 0 Å². The van der Waals surface area contributed by atoms with Crippen molar-refractivity contribution in [1.82, 2.24) is 5.32 Å². The second-order valence-corrected chi connectivity index (χ2v) is 5.41. The predicted molar refractivity (Wildman–Crippen MR) is 77.7 cm³/mol. The Kier molecular flexibility index (Phi) is 9.30. The molecule has 4 nitrogen and oxygen atoms in total. The second kappa shape index (κ2) is 9.23. The van der Waals surface area contributed by atoms with Crippen LogP contribution in [0, 0.1) is 55.9 Å². The molecular formula is C15H25AcN2O2-. The molecule has 1 radical (unpaired) electrons. The molecule has 111 valence electrons. The van der Waals surface area contributed by atoms with Crippen LogP contribution in [0.2, 0.25) is 0 Å². The zero-order chi connectivity index (χ0) is 14.6. The Labute approximate surface area is 157 Å². The van der Waals surface area contributed by atoms with E-state index in [1.54, 1.807) is 6.08 Å². The van der Waals surface area contributed by atoms with Crippen LogP contribution in [0.15, 0.2) is 23.9 Å². The molecule has 0 aromatic carbocycles. The number of rotatable bonds is 7. The van der Waals surface area contributed by atoms with Gasteiger partial charge in [0.25, 0.3) is 0 Å². The molecule has 3 N–H and O–H groups in total. The van der Waals surface area contributed by atoms with Crippen LogP contribution in [0.25, 0.3) is 5.73 Å². The van der Waals surface area contributed by atoms with E-state index in [0.717, 1.165) is 18.5 Å². The number of carboxylic acid groups (broad SMARTS) is 1. The Balaban J connectivity index is 0.00000361. The maximum absolute atomic E-state index is 11.1. The number of hydrogen-bond acceptors (Lipinski definition) is 2. The number of carbonyl (C=O) groups is 1. The topological polar surface area (TPSA) is 73.1 Å². The summed E-state index contributed by atoms with van der Waals surface area (Å²) < 4.78 is 0. The van der Waals surface area contributed by atoms with Crippen LogP contribution in [-0.4, -0.2) is 23.2 Å². The van der Waals surface area contributed by atoms with Gasteiger partial charge < -0.3 is 16.2 Å². The molecule has 1 aliphatic rings. The summed E-state index contributed by atoms with van der Waals surface area (Å²) >= 11 is 0. The third-order valence-electron chi connectivity index (χ3n) is 3.98. The normalized spacial score (nSPS) is 22.9. The van der Waals surface area contributed by atoms with Crippen LogP contribution in [0.4, 0.5) is 0 Å². The SMILES string of the molecule is C=C(C)N[C@@H]1CC(C(=O)O)=C[C@H]1C([NH-])C(CC)CC.[Ac]. The molecule has 1 unspecified atom stereocenters.